The summed E-state index contributed by atoms with van der Waals surface area (Å²) in [6.07, 6.45) is 0. The van der Waals surface area contributed by atoms with Crippen LogP contribution in [0.25, 0.3) is 0 Å². The topological polar surface area (TPSA) is 88.2 Å². The lowest BCUT2D eigenvalue weighted by Gasteiger charge is -1.96. The van der Waals surface area contributed by atoms with Gasteiger partial charge in [0.05, 0.1) is 18.2 Å². The monoisotopic (exact) mass is 174 g/mol. The second kappa shape index (κ2) is 4.12. The average Bonchev–Trinajstić information content (AvgIpc) is 2.15. The Hall–Kier alpha value is -2.02. The molecule has 0 unspecified atom stereocenters. The predicted molar refractivity (Wildman–Crippen MR) is 50.7 cm³/mol. The molecule has 4 N–H and O–H groups in total. The normalized spacial score (nSPS) is 8.85. The minimum atomic E-state index is 0.0735. The summed E-state index contributed by atoms with van der Waals surface area (Å²) in [4.78, 5) is 3.84. The fraction of sp³-hybridized carbons (Fsp3) is 0.111. The lowest BCUT2D eigenvalue weighted by Crippen LogP contribution is -2.22. The van der Waals surface area contributed by atoms with Crippen LogP contribution in [-0.4, -0.2) is 5.96 Å². The zero-order chi connectivity index (χ0) is 9.68. The molecule has 1 aromatic carbocycles. The summed E-state index contributed by atoms with van der Waals surface area (Å²) < 4.78 is 0. The maximum atomic E-state index is 8.53. The minimum absolute atomic E-state index is 0.0735. The molecule has 4 nitrogen and oxygen atoms in total. The maximum Gasteiger partial charge on any atom is 0.186 e. The first-order chi connectivity index (χ1) is 6.22. The highest BCUT2D eigenvalue weighted by Gasteiger charge is 1.92. The van der Waals surface area contributed by atoms with Crippen molar-refractivity contribution in [2.45, 2.75) is 6.54 Å². The van der Waals surface area contributed by atoms with Gasteiger partial charge in [0.15, 0.2) is 5.96 Å². The standard InChI is InChI=1S/C9H10N4/c10-5-7-1-3-8(4-2-7)6-13-9(11)12/h1-4H,6H2,(H4,11,12,13). The molecule has 1 aromatic rings. The van der Waals surface area contributed by atoms with Crippen molar-refractivity contribution in [1.29, 1.82) is 5.26 Å². The Morgan fingerprint density at radius 3 is 2.38 bits per heavy atom. The molecule has 1 rings (SSSR count). The smallest absolute Gasteiger partial charge is 0.186 e. The summed E-state index contributed by atoms with van der Waals surface area (Å²) in [5.41, 5.74) is 12.0. The van der Waals surface area contributed by atoms with E-state index in [4.69, 9.17) is 16.7 Å². The zero-order valence-corrected chi connectivity index (χ0v) is 7.07. The van der Waals surface area contributed by atoms with Gasteiger partial charge in [0.2, 0.25) is 0 Å². The molecule has 0 radical (unpaired) electrons. The average molecular weight is 174 g/mol. The summed E-state index contributed by atoms with van der Waals surface area (Å²) >= 11 is 0. The molecule has 0 atom stereocenters. The number of aliphatic imine (C=N–C) groups is 1. The summed E-state index contributed by atoms with van der Waals surface area (Å²) in [6.45, 7) is 0.452. The van der Waals surface area contributed by atoms with Gasteiger partial charge in [0.1, 0.15) is 0 Å². The van der Waals surface area contributed by atoms with Crippen LogP contribution in [-0.2, 0) is 6.54 Å². The van der Waals surface area contributed by atoms with E-state index in [1.807, 2.05) is 18.2 Å². The van der Waals surface area contributed by atoms with Gasteiger partial charge in [-0.25, -0.2) is 4.99 Å². The summed E-state index contributed by atoms with van der Waals surface area (Å²) in [5, 5.41) is 8.53. The van der Waals surface area contributed by atoms with Crippen molar-refractivity contribution >= 4 is 5.96 Å². The van der Waals surface area contributed by atoms with Crippen LogP contribution in [0.5, 0.6) is 0 Å². The van der Waals surface area contributed by atoms with E-state index in [0.717, 1.165) is 5.56 Å². The van der Waals surface area contributed by atoms with E-state index in [-0.39, 0.29) is 5.96 Å². The number of hydrogen-bond donors (Lipinski definition) is 2. The zero-order valence-electron chi connectivity index (χ0n) is 7.07. The Bertz CT molecular complexity index is 341. The molecular formula is C9H10N4. The van der Waals surface area contributed by atoms with Crippen LogP contribution in [0.4, 0.5) is 0 Å². The first-order valence-corrected chi connectivity index (χ1v) is 3.77. The highest BCUT2D eigenvalue weighted by Crippen LogP contribution is 2.03. The van der Waals surface area contributed by atoms with Crippen molar-refractivity contribution in [3.05, 3.63) is 35.4 Å². The minimum Gasteiger partial charge on any atom is -0.370 e. The molecule has 0 spiro atoms. The van der Waals surface area contributed by atoms with Crippen molar-refractivity contribution in [3.63, 3.8) is 0 Å². The molecule has 0 amide bonds. The number of nitrogens with zero attached hydrogens (tertiary/aromatic N) is 2. The van der Waals surface area contributed by atoms with Gasteiger partial charge in [0.25, 0.3) is 0 Å². The van der Waals surface area contributed by atoms with Crippen LogP contribution in [0.3, 0.4) is 0 Å². The first-order valence-electron chi connectivity index (χ1n) is 3.77. The maximum absolute atomic E-state index is 8.53. The molecule has 0 saturated heterocycles. The van der Waals surface area contributed by atoms with E-state index in [2.05, 4.69) is 4.99 Å². The van der Waals surface area contributed by atoms with E-state index in [9.17, 15) is 0 Å². The molecule has 0 heterocycles. The van der Waals surface area contributed by atoms with Crippen LogP contribution in [0.1, 0.15) is 11.1 Å². The number of rotatable bonds is 2. The highest BCUT2D eigenvalue weighted by molar-refractivity contribution is 5.75. The number of benzene rings is 1. The Morgan fingerprint density at radius 1 is 1.31 bits per heavy atom. The molecule has 0 aliphatic carbocycles. The SMILES string of the molecule is N#Cc1ccc(CN=C(N)N)cc1. The molecule has 0 aliphatic heterocycles. The third-order valence-electron chi connectivity index (χ3n) is 1.53. The molecule has 13 heavy (non-hydrogen) atoms. The van der Waals surface area contributed by atoms with E-state index in [0.29, 0.717) is 12.1 Å². The van der Waals surface area contributed by atoms with Crippen molar-refractivity contribution in [1.82, 2.24) is 0 Å². The molecule has 0 fully saturated rings. The van der Waals surface area contributed by atoms with Crippen molar-refractivity contribution in [3.8, 4) is 6.07 Å². The van der Waals surface area contributed by atoms with Crippen molar-refractivity contribution in [2.75, 3.05) is 0 Å². The third-order valence-corrected chi connectivity index (χ3v) is 1.53. The Labute approximate surface area is 76.5 Å². The van der Waals surface area contributed by atoms with Gasteiger partial charge in [-0.1, -0.05) is 12.1 Å². The molecule has 66 valence electrons. The number of nitriles is 1. The molecule has 0 aromatic heterocycles. The summed E-state index contributed by atoms with van der Waals surface area (Å²) in [7, 11) is 0. The van der Waals surface area contributed by atoms with Crippen molar-refractivity contribution < 1.29 is 0 Å². The van der Waals surface area contributed by atoms with Crippen LogP contribution in [0.15, 0.2) is 29.3 Å². The highest BCUT2D eigenvalue weighted by atomic mass is 15.0. The van der Waals surface area contributed by atoms with Gasteiger partial charge in [0, 0.05) is 0 Å². The molecular weight excluding hydrogens is 164 g/mol. The lowest BCUT2D eigenvalue weighted by atomic mass is 10.1. The Balaban J connectivity index is 2.71. The quantitative estimate of drug-likeness (QED) is 0.500. The summed E-state index contributed by atoms with van der Waals surface area (Å²) in [5.74, 6) is 0.0735. The first kappa shape index (κ1) is 9.07. The van der Waals surface area contributed by atoms with Gasteiger partial charge in [-0.15, -0.1) is 0 Å². The molecule has 4 heteroatoms. The molecule has 0 aliphatic rings. The second-order valence-electron chi connectivity index (χ2n) is 2.55. The van der Waals surface area contributed by atoms with Crippen molar-refractivity contribution in [2.24, 2.45) is 16.5 Å². The molecule has 0 saturated carbocycles. The van der Waals surface area contributed by atoms with Gasteiger partial charge in [-0.3, -0.25) is 0 Å². The van der Waals surface area contributed by atoms with Crippen LogP contribution < -0.4 is 11.5 Å². The van der Waals surface area contributed by atoms with E-state index >= 15 is 0 Å². The second-order valence-corrected chi connectivity index (χ2v) is 2.55. The van der Waals surface area contributed by atoms with E-state index in [1.165, 1.54) is 0 Å². The van der Waals surface area contributed by atoms with E-state index in [1.54, 1.807) is 12.1 Å². The number of guanidine groups is 1. The largest absolute Gasteiger partial charge is 0.370 e. The van der Waals surface area contributed by atoms with Gasteiger partial charge >= 0.3 is 0 Å². The Morgan fingerprint density at radius 2 is 1.92 bits per heavy atom. The van der Waals surface area contributed by atoms with Gasteiger partial charge in [-0.05, 0) is 17.7 Å². The van der Waals surface area contributed by atoms with Gasteiger partial charge in [-0.2, -0.15) is 5.26 Å². The van der Waals surface area contributed by atoms with Crippen LogP contribution >= 0.6 is 0 Å². The van der Waals surface area contributed by atoms with E-state index < -0.39 is 0 Å². The van der Waals surface area contributed by atoms with Crippen LogP contribution in [0, 0.1) is 11.3 Å². The lowest BCUT2D eigenvalue weighted by molar-refractivity contribution is 1.05. The van der Waals surface area contributed by atoms with Crippen LogP contribution in [0.2, 0.25) is 0 Å². The fourth-order valence-corrected chi connectivity index (χ4v) is 0.867. The van der Waals surface area contributed by atoms with Gasteiger partial charge < -0.3 is 11.5 Å². The predicted octanol–water partition coefficient (Wildman–Crippen LogP) is 0.332. The Kier molecular flexibility index (Phi) is 2.87. The molecule has 0 bridgehead atoms. The fourth-order valence-electron chi connectivity index (χ4n) is 0.867. The third kappa shape index (κ3) is 2.83. The summed E-state index contributed by atoms with van der Waals surface area (Å²) in [6, 6.07) is 9.15. The number of hydrogen-bond acceptors (Lipinski definition) is 2. The number of nitrogens with two attached hydrogens (primary N) is 2.